The van der Waals surface area contributed by atoms with Crippen molar-refractivity contribution in [2.24, 2.45) is 0 Å². The van der Waals surface area contributed by atoms with E-state index in [4.69, 9.17) is 0 Å². The van der Waals surface area contributed by atoms with E-state index in [1.165, 1.54) is 23.1 Å². The molecule has 18 heavy (non-hydrogen) atoms. The van der Waals surface area contributed by atoms with Crippen molar-refractivity contribution in [3.8, 4) is 0 Å². The largest absolute Gasteiger partial charge is 0.310 e. The van der Waals surface area contributed by atoms with E-state index < -0.39 is 0 Å². The van der Waals surface area contributed by atoms with Crippen LogP contribution < -0.4 is 5.32 Å². The maximum absolute atomic E-state index is 14.0. The van der Waals surface area contributed by atoms with Gasteiger partial charge < -0.3 is 5.32 Å². The molecular formula is C13H15FN2S2. The predicted octanol–water partition coefficient (Wildman–Crippen LogP) is 4.10. The fourth-order valence-electron chi connectivity index (χ4n) is 1.65. The molecule has 0 aliphatic carbocycles. The van der Waals surface area contributed by atoms with E-state index in [1.54, 1.807) is 12.3 Å². The van der Waals surface area contributed by atoms with Crippen LogP contribution in [-0.4, -0.2) is 11.5 Å². The molecule has 0 bridgehead atoms. The van der Waals surface area contributed by atoms with Gasteiger partial charge >= 0.3 is 0 Å². The van der Waals surface area contributed by atoms with E-state index in [1.807, 2.05) is 31.4 Å². The standard InChI is InChI=1S/C13H15FN2S2/c1-3-15-9(2)10-4-5-12(11(14)8-10)18-13-16-6-7-17-13/h4-9,15H,3H2,1-2H3. The number of halogens is 1. The molecule has 1 unspecified atom stereocenters. The topological polar surface area (TPSA) is 24.9 Å². The number of rotatable bonds is 5. The fraction of sp³-hybridized carbons (Fsp3) is 0.308. The van der Waals surface area contributed by atoms with E-state index >= 15 is 0 Å². The minimum atomic E-state index is -0.183. The molecule has 0 fully saturated rings. The Morgan fingerprint density at radius 3 is 2.94 bits per heavy atom. The zero-order valence-corrected chi connectivity index (χ0v) is 11.9. The SMILES string of the molecule is CCNC(C)c1ccc(Sc2nccs2)c(F)c1. The van der Waals surface area contributed by atoms with Gasteiger partial charge in [0.1, 0.15) is 5.82 Å². The molecule has 2 rings (SSSR count). The number of thiazole rings is 1. The van der Waals surface area contributed by atoms with Crippen LogP contribution in [-0.2, 0) is 0 Å². The zero-order chi connectivity index (χ0) is 13.0. The van der Waals surface area contributed by atoms with Gasteiger partial charge in [-0.2, -0.15) is 0 Å². The highest BCUT2D eigenvalue weighted by Crippen LogP contribution is 2.32. The summed E-state index contributed by atoms with van der Waals surface area (Å²) in [4.78, 5) is 4.76. The number of aromatic nitrogens is 1. The van der Waals surface area contributed by atoms with Crippen LogP contribution in [0.15, 0.2) is 39.0 Å². The molecule has 0 saturated carbocycles. The first kappa shape index (κ1) is 13.5. The van der Waals surface area contributed by atoms with Crippen LogP contribution in [0.4, 0.5) is 4.39 Å². The maximum atomic E-state index is 14.0. The molecule has 0 aliphatic heterocycles. The van der Waals surface area contributed by atoms with Crippen molar-refractivity contribution in [2.75, 3.05) is 6.54 Å². The summed E-state index contributed by atoms with van der Waals surface area (Å²) in [6.45, 7) is 4.95. The van der Waals surface area contributed by atoms with Gasteiger partial charge in [-0.1, -0.05) is 24.8 Å². The summed E-state index contributed by atoms with van der Waals surface area (Å²) < 4.78 is 14.8. The second-order valence-electron chi connectivity index (χ2n) is 3.87. The summed E-state index contributed by atoms with van der Waals surface area (Å²) in [6.07, 6.45) is 1.73. The Labute approximate surface area is 115 Å². The lowest BCUT2D eigenvalue weighted by Gasteiger charge is -2.13. The Morgan fingerprint density at radius 1 is 1.50 bits per heavy atom. The van der Waals surface area contributed by atoms with Crippen LogP contribution in [0.3, 0.4) is 0 Å². The number of benzene rings is 1. The molecule has 1 aromatic heterocycles. The van der Waals surface area contributed by atoms with Crippen LogP contribution >= 0.6 is 23.1 Å². The third-order valence-electron chi connectivity index (χ3n) is 2.57. The Morgan fingerprint density at radius 2 is 2.33 bits per heavy atom. The highest BCUT2D eigenvalue weighted by Gasteiger charge is 2.10. The molecule has 1 N–H and O–H groups in total. The van der Waals surface area contributed by atoms with Crippen LogP contribution in [0.5, 0.6) is 0 Å². The van der Waals surface area contributed by atoms with E-state index in [2.05, 4.69) is 10.3 Å². The monoisotopic (exact) mass is 282 g/mol. The average Bonchev–Trinajstić information content (AvgIpc) is 2.85. The molecule has 0 aliphatic rings. The molecule has 0 radical (unpaired) electrons. The lowest BCUT2D eigenvalue weighted by molar-refractivity contribution is 0.572. The first-order valence-corrected chi connectivity index (χ1v) is 7.50. The Bertz CT molecular complexity index is 500. The number of hydrogen-bond donors (Lipinski definition) is 1. The van der Waals surface area contributed by atoms with Gasteiger partial charge in [0.25, 0.3) is 0 Å². The number of hydrogen-bond acceptors (Lipinski definition) is 4. The Hall–Kier alpha value is -0.910. The van der Waals surface area contributed by atoms with Gasteiger partial charge in [0.2, 0.25) is 0 Å². The van der Waals surface area contributed by atoms with Crippen molar-refractivity contribution in [2.45, 2.75) is 29.1 Å². The van der Waals surface area contributed by atoms with Gasteiger partial charge in [0, 0.05) is 17.6 Å². The predicted molar refractivity (Wildman–Crippen MR) is 74.7 cm³/mol. The van der Waals surface area contributed by atoms with Crippen molar-refractivity contribution in [1.82, 2.24) is 10.3 Å². The molecule has 0 saturated heterocycles. The van der Waals surface area contributed by atoms with Crippen LogP contribution in [0.2, 0.25) is 0 Å². The van der Waals surface area contributed by atoms with E-state index in [0.29, 0.717) is 4.90 Å². The van der Waals surface area contributed by atoms with Crippen molar-refractivity contribution in [3.05, 3.63) is 41.2 Å². The molecule has 0 amide bonds. The Kier molecular flexibility index (Phi) is 4.74. The van der Waals surface area contributed by atoms with Gasteiger partial charge in [-0.15, -0.1) is 11.3 Å². The molecule has 96 valence electrons. The van der Waals surface area contributed by atoms with Crippen molar-refractivity contribution >= 4 is 23.1 Å². The molecule has 0 spiro atoms. The quantitative estimate of drug-likeness (QED) is 0.893. The normalized spacial score (nSPS) is 12.6. The van der Waals surface area contributed by atoms with Crippen molar-refractivity contribution in [1.29, 1.82) is 0 Å². The first-order chi connectivity index (χ1) is 8.70. The molecular weight excluding hydrogens is 267 g/mol. The van der Waals surface area contributed by atoms with Crippen LogP contribution in [0.25, 0.3) is 0 Å². The molecule has 2 aromatic rings. The van der Waals surface area contributed by atoms with E-state index in [0.717, 1.165) is 16.4 Å². The third-order valence-corrected chi connectivity index (χ3v) is 4.51. The van der Waals surface area contributed by atoms with Gasteiger partial charge in [-0.05, 0) is 31.2 Å². The van der Waals surface area contributed by atoms with Gasteiger partial charge in [-0.3, -0.25) is 0 Å². The lowest BCUT2D eigenvalue weighted by Crippen LogP contribution is -2.17. The first-order valence-electron chi connectivity index (χ1n) is 5.81. The van der Waals surface area contributed by atoms with Gasteiger partial charge in [0.05, 0.1) is 4.90 Å². The third kappa shape index (κ3) is 3.31. The van der Waals surface area contributed by atoms with E-state index in [9.17, 15) is 4.39 Å². The van der Waals surface area contributed by atoms with Crippen LogP contribution in [0.1, 0.15) is 25.5 Å². The van der Waals surface area contributed by atoms with Crippen LogP contribution in [0, 0.1) is 5.82 Å². The molecule has 1 atom stereocenters. The van der Waals surface area contributed by atoms with E-state index in [-0.39, 0.29) is 11.9 Å². The van der Waals surface area contributed by atoms with Gasteiger partial charge in [-0.25, -0.2) is 9.37 Å². The zero-order valence-electron chi connectivity index (χ0n) is 10.3. The maximum Gasteiger partial charge on any atom is 0.154 e. The second kappa shape index (κ2) is 6.31. The lowest BCUT2D eigenvalue weighted by atomic mass is 10.1. The summed E-state index contributed by atoms with van der Waals surface area (Å²) in [6, 6.07) is 5.56. The summed E-state index contributed by atoms with van der Waals surface area (Å²) in [5, 5.41) is 5.16. The highest BCUT2D eigenvalue weighted by atomic mass is 32.2. The van der Waals surface area contributed by atoms with Gasteiger partial charge in [0.15, 0.2) is 4.34 Å². The fourth-order valence-corrected chi connectivity index (χ4v) is 3.23. The molecule has 1 heterocycles. The summed E-state index contributed by atoms with van der Waals surface area (Å²) in [5.41, 5.74) is 0.970. The number of nitrogens with zero attached hydrogens (tertiary/aromatic N) is 1. The molecule has 5 heteroatoms. The molecule has 2 nitrogen and oxygen atoms in total. The molecule has 1 aromatic carbocycles. The number of nitrogens with one attached hydrogen (secondary N) is 1. The Balaban J connectivity index is 2.14. The summed E-state index contributed by atoms with van der Waals surface area (Å²) >= 11 is 2.88. The minimum Gasteiger partial charge on any atom is -0.310 e. The minimum absolute atomic E-state index is 0.170. The average molecular weight is 282 g/mol. The second-order valence-corrected chi connectivity index (χ2v) is 6.05. The highest BCUT2D eigenvalue weighted by molar-refractivity contribution is 8.01. The van der Waals surface area contributed by atoms with Crippen molar-refractivity contribution < 1.29 is 4.39 Å². The summed E-state index contributed by atoms with van der Waals surface area (Å²) in [7, 11) is 0. The smallest absolute Gasteiger partial charge is 0.154 e. The summed E-state index contributed by atoms with van der Waals surface area (Å²) in [5.74, 6) is -0.183. The van der Waals surface area contributed by atoms with Crippen molar-refractivity contribution in [3.63, 3.8) is 0 Å².